The van der Waals surface area contributed by atoms with E-state index in [-0.39, 0.29) is 24.4 Å². The number of hydrogen-bond acceptors (Lipinski definition) is 2. The van der Waals surface area contributed by atoms with Gasteiger partial charge in [-0.15, -0.1) is 12.4 Å². The van der Waals surface area contributed by atoms with Crippen LogP contribution in [0.1, 0.15) is 30.4 Å². The Bertz CT molecular complexity index is 489. The lowest BCUT2D eigenvalue weighted by molar-refractivity contribution is -0.135. The van der Waals surface area contributed by atoms with Crippen molar-refractivity contribution in [2.75, 3.05) is 13.1 Å². The van der Waals surface area contributed by atoms with Crippen molar-refractivity contribution in [1.82, 2.24) is 10.2 Å². The van der Waals surface area contributed by atoms with Crippen molar-refractivity contribution in [3.8, 4) is 0 Å². The Morgan fingerprint density at radius 2 is 2.20 bits per heavy atom. The molecule has 3 nitrogen and oxygen atoms in total. The van der Waals surface area contributed by atoms with Crippen LogP contribution in [-0.2, 0) is 17.8 Å². The van der Waals surface area contributed by atoms with Crippen LogP contribution in [0.4, 0.5) is 0 Å². The second-order valence-electron chi connectivity index (χ2n) is 5.39. The van der Waals surface area contributed by atoms with E-state index in [1.54, 1.807) is 0 Å². The summed E-state index contributed by atoms with van der Waals surface area (Å²) in [6.45, 7) is 2.57. The molecule has 0 radical (unpaired) electrons. The summed E-state index contributed by atoms with van der Waals surface area (Å²) in [5.74, 6) is 0.283. The highest BCUT2D eigenvalue weighted by molar-refractivity contribution is 9.10. The highest BCUT2D eigenvalue weighted by Crippen LogP contribution is 2.27. The van der Waals surface area contributed by atoms with Crippen LogP contribution >= 0.6 is 28.3 Å². The Balaban J connectivity index is 0.00000147. The van der Waals surface area contributed by atoms with E-state index >= 15 is 0 Å². The molecule has 0 bridgehead atoms. The lowest BCUT2D eigenvalue weighted by Crippen LogP contribution is -2.49. The highest BCUT2D eigenvalue weighted by atomic mass is 79.9. The minimum absolute atomic E-state index is 0. The predicted octanol–water partition coefficient (Wildman–Crippen LogP) is 2.90. The minimum Gasteiger partial charge on any atom is -0.337 e. The van der Waals surface area contributed by atoms with Gasteiger partial charge in [-0.1, -0.05) is 34.5 Å². The summed E-state index contributed by atoms with van der Waals surface area (Å²) in [5, 5.41) is 3.35. The zero-order chi connectivity index (χ0) is 13.2. The Kier molecular flexibility index (Phi) is 5.47. The standard InChI is InChI=1S/C15H19BrN2O.ClH/c16-13-5-3-4-11-10-18(9-7-12(11)13)15(19)14-6-1-2-8-17-14;/h3-5,14,17H,1-2,6-10H2;1H. The number of benzene rings is 1. The lowest BCUT2D eigenvalue weighted by atomic mass is 9.98. The maximum atomic E-state index is 12.5. The van der Waals surface area contributed by atoms with Gasteiger partial charge in [-0.25, -0.2) is 0 Å². The number of rotatable bonds is 1. The maximum Gasteiger partial charge on any atom is 0.240 e. The van der Waals surface area contributed by atoms with Gasteiger partial charge in [0.1, 0.15) is 0 Å². The molecule has 1 saturated heterocycles. The van der Waals surface area contributed by atoms with Crippen LogP contribution in [0.3, 0.4) is 0 Å². The summed E-state index contributed by atoms with van der Waals surface area (Å²) in [6, 6.07) is 6.31. The fourth-order valence-corrected chi connectivity index (χ4v) is 3.64. The molecule has 2 heterocycles. The molecule has 1 amide bonds. The smallest absolute Gasteiger partial charge is 0.240 e. The normalized spacial score (nSPS) is 21.9. The molecule has 3 rings (SSSR count). The Labute approximate surface area is 134 Å². The fourth-order valence-electron chi connectivity index (χ4n) is 3.03. The van der Waals surface area contributed by atoms with Gasteiger partial charge in [0.2, 0.25) is 5.91 Å². The number of nitrogens with one attached hydrogen (secondary N) is 1. The largest absolute Gasteiger partial charge is 0.337 e. The van der Waals surface area contributed by atoms with Gasteiger partial charge in [0.25, 0.3) is 0 Å². The molecule has 0 aliphatic carbocycles. The molecule has 1 aromatic rings. The first kappa shape index (κ1) is 15.8. The number of amides is 1. The van der Waals surface area contributed by atoms with Crippen molar-refractivity contribution in [2.45, 2.75) is 38.3 Å². The first-order chi connectivity index (χ1) is 9.25. The zero-order valence-corrected chi connectivity index (χ0v) is 13.8. The van der Waals surface area contributed by atoms with E-state index in [1.807, 2.05) is 4.90 Å². The van der Waals surface area contributed by atoms with Gasteiger partial charge in [-0.2, -0.15) is 0 Å². The van der Waals surface area contributed by atoms with Gasteiger partial charge in [0, 0.05) is 17.6 Å². The van der Waals surface area contributed by atoms with Crippen molar-refractivity contribution < 1.29 is 4.79 Å². The summed E-state index contributed by atoms with van der Waals surface area (Å²) >= 11 is 3.60. The van der Waals surface area contributed by atoms with Gasteiger partial charge in [0.15, 0.2) is 0 Å². The predicted molar refractivity (Wildman–Crippen MR) is 86.2 cm³/mol. The molecule has 1 fully saturated rings. The van der Waals surface area contributed by atoms with E-state index in [9.17, 15) is 4.79 Å². The number of carbonyl (C=O) groups is 1. The first-order valence-corrected chi connectivity index (χ1v) is 7.83. The first-order valence-electron chi connectivity index (χ1n) is 7.04. The van der Waals surface area contributed by atoms with Crippen molar-refractivity contribution >= 4 is 34.2 Å². The van der Waals surface area contributed by atoms with Crippen LogP contribution in [-0.4, -0.2) is 29.9 Å². The summed E-state index contributed by atoms with van der Waals surface area (Å²) in [4.78, 5) is 14.5. The van der Waals surface area contributed by atoms with Crippen LogP contribution in [0, 0.1) is 0 Å². The van der Waals surface area contributed by atoms with E-state index in [0.717, 1.165) is 32.5 Å². The quantitative estimate of drug-likeness (QED) is 0.836. The number of hydrogen-bond donors (Lipinski definition) is 1. The third kappa shape index (κ3) is 3.18. The van der Waals surface area contributed by atoms with Gasteiger partial charge < -0.3 is 10.2 Å². The molecule has 1 atom stereocenters. The highest BCUT2D eigenvalue weighted by Gasteiger charge is 2.28. The van der Waals surface area contributed by atoms with Gasteiger partial charge >= 0.3 is 0 Å². The lowest BCUT2D eigenvalue weighted by Gasteiger charge is -2.33. The van der Waals surface area contributed by atoms with Gasteiger partial charge in [-0.05, 0) is 43.0 Å². The van der Waals surface area contributed by atoms with E-state index in [0.29, 0.717) is 0 Å². The molecule has 110 valence electrons. The van der Waals surface area contributed by atoms with Crippen LogP contribution in [0.25, 0.3) is 0 Å². The number of halogens is 2. The molecule has 1 unspecified atom stereocenters. The van der Waals surface area contributed by atoms with Gasteiger partial charge in [-0.3, -0.25) is 4.79 Å². The van der Waals surface area contributed by atoms with Crippen molar-refractivity contribution in [3.05, 3.63) is 33.8 Å². The molecule has 20 heavy (non-hydrogen) atoms. The molecule has 0 aromatic heterocycles. The fraction of sp³-hybridized carbons (Fsp3) is 0.533. The van der Waals surface area contributed by atoms with Crippen LogP contribution in [0.15, 0.2) is 22.7 Å². The number of nitrogens with zero attached hydrogens (tertiary/aromatic N) is 1. The summed E-state index contributed by atoms with van der Waals surface area (Å²) in [5.41, 5.74) is 2.65. The average Bonchev–Trinajstić information content (AvgIpc) is 2.47. The van der Waals surface area contributed by atoms with Crippen molar-refractivity contribution in [2.24, 2.45) is 0 Å². The molecule has 5 heteroatoms. The minimum atomic E-state index is 0. The maximum absolute atomic E-state index is 12.5. The number of fused-ring (bicyclic) bond motifs is 1. The average molecular weight is 360 g/mol. The molecule has 1 N–H and O–H groups in total. The van der Waals surface area contributed by atoms with E-state index in [2.05, 4.69) is 39.4 Å². The molecule has 0 spiro atoms. The molecular weight excluding hydrogens is 340 g/mol. The second kappa shape index (κ2) is 6.92. The van der Waals surface area contributed by atoms with E-state index < -0.39 is 0 Å². The Hall–Kier alpha value is -0.580. The zero-order valence-electron chi connectivity index (χ0n) is 11.4. The third-order valence-corrected chi connectivity index (χ3v) is 4.87. The Morgan fingerprint density at radius 3 is 2.95 bits per heavy atom. The van der Waals surface area contributed by atoms with E-state index in [4.69, 9.17) is 0 Å². The topological polar surface area (TPSA) is 32.3 Å². The van der Waals surface area contributed by atoms with Crippen LogP contribution < -0.4 is 5.32 Å². The molecule has 0 saturated carbocycles. The van der Waals surface area contributed by atoms with Gasteiger partial charge in [0.05, 0.1) is 6.04 Å². The van der Waals surface area contributed by atoms with Crippen molar-refractivity contribution in [1.29, 1.82) is 0 Å². The molecular formula is C15H20BrClN2O. The van der Waals surface area contributed by atoms with Crippen LogP contribution in [0.5, 0.6) is 0 Å². The Morgan fingerprint density at radius 1 is 1.35 bits per heavy atom. The van der Waals surface area contributed by atoms with Crippen LogP contribution in [0.2, 0.25) is 0 Å². The summed E-state index contributed by atoms with van der Waals surface area (Å²) in [7, 11) is 0. The molecule has 2 aliphatic rings. The number of piperidine rings is 1. The summed E-state index contributed by atoms with van der Waals surface area (Å²) < 4.78 is 1.17. The third-order valence-electron chi connectivity index (χ3n) is 4.13. The summed E-state index contributed by atoms with van der Waals surface area (Å²) in [6.07, 6.45) is 4.30. The SMILES string of the molecule is Cl.O=C(C1CCCCN1)N1CCc2c(Br)cccc2C1. The number of carbonyl (C=O) groups excluding carboxylic acids is 1. The molecule has 1 aromatic carbocycles. The second-order valence-corrected chi connectivity index (χ2v) is 6.24. The molecule has 2 aliphatic heterocycles. The van der Waals surface area contributed by atoms with E-state index in [1.165, 1.54) is 28.4 Å². The monoisotopic (exact) mass is 358 g/mol. The van der Waals surface area contributed by atoms with Crippen molar-refractivity contribution in [3.63, 3.8) is 0 Å².